The summed E-state index contributed by atoms with van der Waals surface area (Å²) in [6, 6.07) is 6.69. The number of benzene rings is 1. The Morgan fingerprint density at radius 1 is 1.43 bits per heavy atom. The summed E-state index contributed by atoms with van der Waals surface area (Å²) >= 11 is 0. The van der Waals surface area contributed by atoms with Crippen LogP contribution in [0.3, 0.4) is 0 Å². The summed E-state index contributed by atoms with van der Waals surface area (Å²) in [5, 5.41) is 6.32. The second-order valence-corrected chi connectivity index (χ2v) is 7.41. The minimum absolute atomic E-state index is 0.0350. The first-order valence-electron chi connectivity index (χ1n) is 8.32. The molecule has 1 aromatic carbocycles. The lowest BCUT2D eigenvalue weighted by Gasteiger charge is -2.36. The van der Waals surface area contributed by atoms with E-state index in [1.54, 1.807) is 12.1 Å². The van der Waals surface area contributed by atoms with E-state index in [1.165, 1.54) is 6.07 Å². The highest BCUT2D eigenvalue weighted by molar-refractivity contribution is 5.78. The van der Waals surface area contributed by atoms with Crippen molar-refractivity contribution in [1.29, 1.82) is 0 Å². The Balaban J connectivity index is 1.92. The molecular formula is C18H28FN3O. The lowest BCUT2D eigenvalue weighted by Crippen LogP contribution is -2.49. The number of hydrogen-bond donors (Lipinski definition) is 2. The molecule has 1 atom stereocenters. The molecule has 0 spiro atoms. The Morgan fingerprint density at radius 3 is 2.91 bits per heavy atom. The van der Waals surface area contributed by atoms with Crippen LogP contribution in [0, 0.1) is 11.2 Å². The van der Waals surface area contributed by atoms with Crippen molar-refractivity contribution >= 4 is 5.91 Å². The third-order valence-corrected chi connectivity index (χ3v) is 4.13. The van der Waals surface area contributed by atoms with Gasteiger partial charge in [0.1, 0.15) is 5.82 Å². The van der Waals surface area contributed by atoms with Crippen LogP contribution in [0.25, 0.3) is 0 Å². The number of amides is 1. The number of nitrogens with one attached hydrogen (secondary N) is 2. The first kappa shape index (κ1) is 17.9. The second-order valence-electron chi connectivity index (χ2n) is 7.41. The van der Waals surface area contributed by atoms with Crippen molar-refractivity contribution in [2.24, 2.45) is 5.41 Å². The minimum atomic E-state index is -0.234. The SMILES string of the molecule is CC(C)(C)CCNC(=O)CN1CCNCC1c1cccc(F)c1. The lowest BCUT2D eigenvalue weighted by atomic mass is 9.92. The van der Waals surface area contributed by atoms with Gasteiger partial charge in [-0.05, 0) is 29.5 Å². The van der Waals surface area contributed by atoms with Gasteiger partial charge in [-0.25, -0.2) is 4.39 Å². The first-order chi connectivity index (χ1) is 10.8. The van der Waals surface area contributed by atoms with E-state index in [1.807, 2.05) is 6.07 Å². The van der Waals surface area contributed by atoms with E-state index in [0.29, 0.717) is 13.1 Å². The monoisotopic (exact) mass is 321 g/mol. The zero-order valence-electron chi connectivity index (χ0n) is 14.4. The third-order valence-electron chi connectivity index (χ3n) is 4.13. The molecule has 23 heavy (non-hydrogen) atoms. The van der Waals surface area contributed by atoms with Gasteiger partial charge in [-0.2, -0.15) is 0 Å². The molecule has 1 aliphatic rings. The van der Waals surface area contributed by atoms with E-state index < -0.39 is 0 Å². The molecule has 0 aromatic heterocycles. The van der Waals surface area contributed by atoms with Gasteiger partial charge in [-0.15, -0.1) is 0 Å². The van der Waals surface area contributed by atoms with Crippen molar-refractivity contribution in [3.63, 3.8) is 0 Å². The lowest BCUT2D eigenvalue weighted by molar-refractivity contribution is -0.123. The topological polar surface area (TPSA) is 44.4 Å². The van der Waals surface area contributed by atoms with Gasteiger partial charge in [-0.3, -0.25) is 9.69 Å². The molecule has 0 aliphatic carbocycles. The van der Waals surface area contributed by atoms with Crippen LogP contribution in [0.15, 0.2) is 24.3 Å². The molecule has 1 saturated heterocycles. The highest BCUT2D eigenvalue weighted by atomic mass is 19.1. The van der Waals surface area contributed by atoms with Gasteiger partial charge < -0.3 is 10.6 Å². The van der Waals surface area contributed by atoms with E-state index in [2.05, 4.69) is 36.3 Å². The predicted octanol–water partition coefficient (Wildman–Crippen LogP) is 2.32. The summed E-state index contributed by atoms with van der Waals surface area (Å²) < 4.78 is 13.5. The van der Waals surface area contributed by atoms with Crippen molar-refractivity contribution < 1.29 is 9.18 Å². The molecule has 1 amide bonds. The number of piperazine rings is 1. The Bertz CT molecular complexity index is 527. The standard InChI is InChI=1S/C18H28FN3O/c1-18(2,3)7-8-21-17(23)13-22-10-9-20-12-16(22)14-5-4-6-15(19)11-14/h4-6,11,16,20H,7-10,12-13H2,1-3H3,(H,21,23). The Morgan fingerprint density at radius 2 is 2.22 bits per heavy atom. The molecule has 2 N–H and O–H groups in total. The molecule has 1 aromatic rings. The summed E-state index contributed by atoms with van der Waals surface area (Å²) in [5.74, 6) is -0.194. The maximum Gasteiger partial charge on any atom is 0.234 e. The fourth-order valence-corrected chi connectivity index (χ4v) is 2.80. The van der Waals surface area contributed by atoms with Crippen molar-refractivity contribution in [3.8, 4) is 0 Å². The predicted molar refractivity (Wildman–Crippen MR) is 90.7 cm³/mol. The summed E-state index contributed by atoms with van der Waals surface area (Å²) in [5.41, 5.74) is 1.13. The van der Waals surface area contributed by atoms with E-state index in [4.69, 9.17) is 0 Å². The molecule has 0 radical (unpaired) electrons. The van der Waals surface area contributed by atoms with Crippen molar-refractivity contribution in [2.75, 3.05) is 32.7 Å². The number of hydrogen-bond acceptors (Lipinski definition) is 3. The van der Waals surface area contributed by atoms with Gasteiger partial charge in [-0.1, -0.05) is 32.9 Å². The number of rotatable bonds is 5. The molecule has 1 aliphatic heterocycles. The second kappa shape index (κ2) is 7.88. The fraction of sp³-hybridized carbons (Fsp3) is 0.611. The van der Waals surface area contributed by atoms with E-state index in [-0.39, 0.29) is 23.2 Å². The van der Waals surface area contributed by atoms with Gasteiger partial charge in [0.05, 0.1) is 6.54 Å². The average molecular weight is 321 g/mol. The Labute approximate surface area is 138 Å². The van der Waals surface area contributed by atoms with Crippen LogP contribution < -0.4 is 10.6 Å². The van der Waals surface area contributed by atoms with E-state index in [0.717, 1.165) is 31.6 Å². The number of nitrogens with zero attached hydrogens (tertiary/aromatic N) is 1. The number of halogens is 1. The van der Waals surface area contributed by atoms with Crippen LogP contribution >= 0.6 is 0 Å². The Kier molecular flexibility index (Phi) is 6.13. The molecule has 128 valence electrons. The molecule has 2 rings (SSSR count). The van der Waals surface area contributed by atoms with Crippen molar-refractivity contribution in [3.05, 3.63) is 35.6 Å². The van der Waals surface area contributed by atoms with Gasteiger partial charge in [0, 0.05) is 32.2 Å². The van der Waals surface area contributed by atoms with Gasteiger partial charge in [0.25, 0.3) is 0 Å². The van der Waals surface area contributed by atoms with E-state index in [9.17, 15) is 9.18 Å². The molecular weight excluding hydrogens is 293 g/mol. The zero-order valence-corrected chi connectivity index (χ0v) is 14.4. The van der Waals surface area contributed by atoms with Crippen LogP contribution in [-0.4, -0.2) is 43.5 Å². The van der Waals surface area contributed by atoms with E-state index >= 15 is 0 Å². The largest absolute Gasteiger partial charge is 0.355 e. The van der Waals surface area contributed by atoms with Gasteiger partial charge in [0.15, 0.2) is 0 Å². The number of carbonyl (C=O) groups excluding carboxylic acids is 1. The van der Waals surface area contributed by atoms with Crippen LogP contribution in [0.1, 0.15) is 38.8 Å². The Hall–Kier alpha value is -1.46. The van der Waals surface area contributed by atoms with Gasteiger partial charge in [0.2, 0.25) is 5.91 Å². The number of carbonyl (C=O) groups is 1. The highest BCUT2D eigenvalue weighted by Gasteiger charge is 2.25. The zero-order chi connectivity index (χ0) is 16.9. The normalized spacial score (nSPS) is 19.6. The first-order valence-corrected chi connectivity index (χ1v) is 8.32. The van der Waals surface area contributed by atoms with Crippen LogP contribution in [0.4, 0.5) is 4.39 Å². The highest BCUT2D eigenvalue weighted by Crippen LogP contribution is 2.22. The average Bonchev–Trinajstić information content (AvgIpc) is 2.46. The van der Waals surface area contributed by atoms with Crippen molar-refractivity contribution in [2.45, 2.75) is 33.2 Å². The molecule has 1 unspecified atom stereocenters. The molecule has 1 fully saturated rings. The molecule has 1 heterocycles. The smallest absolute Gasteiger partial charge is 0.234 e. The molecule has 4 nitrogen and oxygen atoms in total. The molecule has 0 saturated carbocycles. The minimum Gasteiger partial charge on any atom is -0.355 e. The fourth-order valence-electron chi connectivity index (χ4n) is 2.80. The summed E-state index contributed by atoms with van der Waals surface area (Å²) in [6.45, 7) is 9.90. The van der Waals surface area contributed by atoms with Crippen LogP contribution in [-0.2, 0) is 4.79 Å². The maximum absolute atomic E-state index is 13.5. The maximum atomic E-state index is 13.5. The third kappa shape index (κ3) is 5.92. The van der Waals surface area contributed by atoms with Gasteiger partial charge >= 0.3 is 0 Å². The summed E-state index contributed by atoms with van der Waals surface area (Å²) in [4.78, 5) is 14.3. The molecule has 5 heteroatoms. The molecule has 0 bridgehead atoms. The van der Waals surface area contributed by atoms with Crippen molar-refractivity contribution in [1.82, 2.24) is 15.5 Å². The van der Waals surface area contributed by atoms with Crippen LogP contribution in [0.2, 0.25) is 0 Å². The van der Waals surface area contributed by atoms with Crippen LogP contribution in [0.5, 0.6) is 0 Å². The quantitative estimate of drug-likeness (QED) is 0.875. The summed E-state index contributed by atoms with van der Waals surface area (Å²) in [6.07, 6.45) is 0.952. The summed E-state index contributed by atoms with van der Waals surface area (Å²) in [7, 11) is 0.